The first kappa shape index (κ1) is 12.7. The van der Waals surface area contributed by atoms with Gasteiger partial charge in [0.1, 0.15) is 0 Å². The van der Waals surface area contributed by atoms with Gasteiger partial charge in [-0.3, -0.25) is 9.36 Å². The fourth-order valence-corrected chi connectivity index (χ4v) is 1.95. The SMILES string of the molecule is Cn1c(C(N)=O)nn(-c2ccc(Cl)cc2Cl)c1=O. The van der Waals surface area contributed by atoms with Gasteiger partial charge in [0.25, 0.3) is 5.91 Å². The van der Waals surface area contributed by atoms with Crippen molar-refractivity contribution in [1.29, 1.82) is 0 Å². The Morgan fingerprint density at radius 2 is 2.06 bits per heavy atom. The van der Waals surface area contributed by atoms with Gasteiger partial charge in [0.05, 0.1) is 10.7 Å². The summed E-state index contributed by atoms with van der Waals surface area (Å²) in [5.41, 5.74) is 4.92. The van der Waals surface area contributed by atoms with E-state index in [1.807, 2.05) is 0 Å². The number of hydrogen-bond donors (Lipinski definition) is 1. The van der Waals surface area contributed by atoms with Crippen molar-refractivity contribution in [2.45, 2.75) is 0 Å². The molecule has 0 unspecified atom stereocenters. The van der Waals surface area contributed by atoms with Gasteiger partial charge in [0.2, 0.25) is 5.82 Å². The second kappa shape index (κ2) is 4.47. The highest BCUT2D eigenvalue weighted by atomic mass is 35.5. The fraction of sp³-hybridized carbons (Fsp3) is 0.100. The molecule has 2 N–H and O–H groups in total. The molecule has 8 heteroatoms. The maximum Gasteiger partial charge on any atom is 0.350 e. The predicted molar refractivity (Wildman–Crippen MR) is 67.3 cm³/mol. The van der Waals surface area contributed by atoms with Gasteiger partial charge in [-0.05, 0) is 18.2 Å². The van der Waals surface area contributed by atoms with Crippen molar-refractivity contribution in [3.8, 4) is 5.69 Å². The minimum absolute atomic E-state index is 0.147. The lowest BCUT2D eigenvalue weighted by Crippen LogP contribution is -2.24. The topological polar surface area (TPSA) is 82.9 Å². The van der Waals surface area contributed by atoms with Crippen molar-refractivity contribution >= 4 is 29.1 Å². The van der Waals surface area contributed by atoms with Gasteiger partial charge < -0.3 is 5.73 Å². The molecule has 1 aromatic carbocycles. The van der Waals surface area contributed by atoms with Crippen molar-refractivity contribution in [1.82, 2.24) is 14.3 Å². The van der Waals surface area contributed by atoms with Crippen LogP contribution < -0.4 is 11.4 Å². The van der Waals surface area contributed by atoms with Gasteiger partial charge in [-0.1, -0.05) is 23.2 Å². The summed E-state index contributed by atoms with van der Waals surface area (Å²) in [5.74, 6) is -0.940. The number of halogens is 2. The lowest BCUT2D eigenvalue weighted by atomic mass is 10.3. The van der Waals surface area contributed by atoms with E-state index < -0.39 is 11.6 Å². The van der Waals surface area contributed by atoms with Gasteiger partial charge in [-0.15, -0.1) is 5.10 Å². The molecule has 1 heterocycles. The molecule has 6 nitrogen and oxygen atoms in total. The number of nitrogens with zero attached hydrogens (tertiary/aromatic N) is 3. The van der Waals surface area contributed by atoms with E-state index in [1.165, 1.54) is 19.2 Å². The van der Waals surface area contributed by atoms with Crippen LogP contribution in [0.5, 0.6) is 0 Å². The number of benzene rings is 1. The molecule has 0 radical (unpaired) electrons. The number of carbonyl (C=O) groups is 1. The van der Waals surface area contributed by atoms with E-state index in [9.17, 15) is 9.59 Å². The molecule has 18 heavy (non-hydrogen) atoms. The third kappa shape index (κ3) is 2.00. The summed E-state index contributed by atoms with van der Waals surface area (Å²) < 4.78 is 2.05. The first-order chi connectivity index (χ1) is 8.41. The Labute approximate surface area is 112 Å². The Balaban J connectivity index is 2.69. The lowest BCUT2D eigenvalue weighted by Gasteiger charge is -2.02. The molecule has 1 aromatic heterocycles. The number of primary amides is 1. The van der Waals surface area contributed by atoms with Crippen LogP contribution in [0.15, 0.2) is 23.0 Å². The highest BCUT2D eigenvalue weighted by Gasteiger charge is 2.17. The van der Waals surface area contributed by atoms with Gasteiger partial charge in [-0.2, -0.15) is 4.68 Å². The zero-order chi connectivity index (χ0) is 13.4. The predicted octanol–water partition coefficient (Wildman–Crippen LogP) is 0.977. The quantitative estimate of drug-likeness (QED) is 0.893. The van der Waals surface area contributed by atoms with E-state index in [1.54, 1.807) is 6.07 Å². The molecule has 0 aliphatic heterocycles. The largest absolute Gasteiger partial charge is 0.363 e. The molecule has 0 atom stereocenters. The van der Waals surface area contributed by atoms with Crippen LogP contribution >= 0.6 is 23.2 Å². The van der Waals surface area contributed by atoms with Crippen LogP contribution in [0, 0.1) is 0 Å². The first-order valence-electron chi connectivity index (χ1n) is 4.83. The van der Waals surface area contributed by atoms with Crippen LogP contribution in [-0.4, -0.2) is 20.3 Å². The minimum Gasteiger partial charge on any atom is -0.363 e. The zero-order valence-electron chi connectivity index (χ0n) is 9.22. The number of carbonyl (C=O) groups excluding carboxylic acids is 1. The van der Waals surface area contributed by atoms with Crippen LogP contribution in [0.3, 0.4) is 0 Å². The third-order valence-electron chi connectivity index (χ3n) is 2.34. The van der Waals surface area contributed by atoms with E-state index in [2.05, 4.69) is 5.10 Å². The fourth-order valence-electron chi connectivity index (χ4n) is 1.46. The van der Waals surface area contributed by atoms with E-state index in [0.717, 1.165) is 9.25 Å². The van der Waals surface area contributed by atoms with Crippen molar-refractivity contribution in [3.63, 3.8) is 0 Å². The number of rotatable bonds is 2. The summed E-state index contributed by atoms with van der Waals surface area (Å²) in [6, 6.07) is 4.57. The van der Waals surface area contributed by atoms with Crippen LogP contribution in [0.25, 0.3) is 5.69 Å². The molecule has 2 aromatic rings. The molecule has 0 aliphatic carbocycles. The van der Waals surface area contributed by atoms with Gasteiger partial charge in [-0.25, -0.2) is 4.79 Å². The monoisotopic (exact) mass is 286 g/mol. The first-order valence-corrected chi connectivity index (χ1v) is 5.58. The molecule has 0 bridgehead atoms. The highest BCUT2D eigenvalue weighted by Crippen LogP contribution is 2.22. The number of nitrogens with two attached hydrogens (primary N) is 1. The average molecular weight is 287 g/mol. The molecule has 0 aliphatic rings. The second-order valence-corrected chi connectivity index (χ2v) is 4.38. The Kier molecular flexibility index (Phi) is 3.14. The van der Waals surface area contributed by atoms with E-state index in [-0.39, 0.29) is 10.8 Å². The Hall–Kier alpha value is -1.79. The summed E-state index contributed by atoms with van der Waals surface area (Å²) in [5, 5.41) is 4.52. The Morgan fingerprint density at radius 3 is 2.56 bits per heavy atom. The zero-order valence-corrected chi connectivity index (χ0v) is 10.7. The van der Waals surface area contributed by atoms with Crippen LogP contribution in [0.2, 0.25) is 10.0 Å². The molecule has 0 saturated carbocycles. The van der Waals surface area contributed by atoms with Gasteiger partial charge in [0.15, 0.2) is 0 Å². The molecule has 2 rings (SSSR count). The smallest absolute Gasteiger partial charge is 0.350 e. The maximum atomic E-state index is 11.9. The normalized spacial score (nSPS) is 10.6. The summed E-state index contributed by atoms with van der Waals surface area (Å²) >= 11 is 11.7. The Bertz CT molecular complexity index is 690. The summed E-state index contributed by atoms with van der Waals surface area (Å²) in [6.07, 6.45) is 0. The van der Waals surface area contributed by atoms with Crippen molar-refractivity contribution < 1.29 is 4.79 Å². The lowest BCUT2D eigenvalue weighted by molar-refractivity contribution is 0.0986. The highest BCUT2D eigenvalue weighted by molar-refractivity contribution is 6.35. The maximum absolute atomic E-state index is 11.9. The molecular weight excluding hydrogens is 279 g/mol. The van der Waals surface area contributed by atoms with E-state index in [4.69, 9.17) is 28.9 Å². The molecule has 0 saturated heterocycles. The number of amides is 1. The second-order valence-electron chi connectivity index (χ2n) is 3.54. The van der Waals surface area contributed by atoms with Gasteiger partial charge >= 0.3 is 5.69 Å². The summed E-state index contributed by atoms with van der Waals surface area (Å²) in [6.45, 7) is 0. The van der Waals surface area contributed by atoms with Crippen molar-refractivity contribution in [2.75, 3.05) is 0 Å². The third-order valence-corrected chi connectivity index (χ3v) is 2.88. The molecule has 0 fully saturated rings. The molecule has 0 spiro atoms. The molecular formula is C10H8Cl2N4O2. The summed E-state index contributed by atoms with van der Waals surface area (Å²) in [7, 11) is 1.40. The van der Waals surface area contributed by atoms with Crippen LogP contribution in [-0.2, 0) is 7.05 Å². The standard InChI is InChI=1S/C10H8Cl2N4O2/c1-15-9(8(13)17)14-16(10(15)18)7-3-2-5(11)4-6(7)12/h2-4H,1H3,(H2,13,17). The van der Waals surface area contributed by atoms with E-state index >= 15 is 0 Å². The van der Waals surface area contributed by atoms with Crippen LogP contribution in [0.4, 0.5) is 0 Å². The van der Waals surface area contributed by atoms with Crippen LogP contribution in [0.1, 0.15) is 10.6 Å². The number of hydrogen-bond acceptors (Lipinski definition) is 3. The summed E-state index contributed by atoms with van der Waals surface area (Å²) in [4.78, 5) is 23.0. The number of aromatic nitrogens is 3. The molecule has 1 amide bonds. The van der Waals surface area contributed by atoms with Crippen molar-refractivity contribution in [2.24, 2.45) is 12.8 Å². The minimum atomic E-state index is -0.793. The van der Waals surface area contributed by atoms with Gasteiger partial charge in [0, 0.05) is 12.1 Å². The average Bonchev–Trinajstić information content (AvgIpc) is 2.57. The Morgan fingerprint density at radius 1 is 1.39 bits per heavy atom. The van der Waals surface area contributed by atoms with E-state index in [0.29, 0.717) is 10.7 Å². The van der Waals surface area contributed by atoms with Crippen molar-refractivity contribution in [3.05, 3.63) is 44.6 Å². The molecule has 94 valence electrons.